The lowest BCUT2D eigenvalue weighted by atomic mass is 9.90. The van der Waals surface area contributed by atoms with Crippen molar-refractivity contribution < 1.29 is 0 Å². The van der Waals surface area contributed by atoms with Crippen molar-refractivity contribution in [1.82, 2.24) is 0 Å². The summed E-state index contributed by atoms with van der Waals surface area (Å²) in [6.45, 7) is 0.834. The highest BCUT2D eigenvalue weighted by molar-refractivity contribution is 7.99. The Morgan fingerprint density at radius 2 is 1.76 bits per heavy atom. The monoisotopic (exact) mass is 298 g/mol. The molecule has 2 aromatic rings. The fraction of sp³-hybridized carbons (Fsp3) is 0.333. The van der Waals surface area contributed by atoms with Gasteiger partial charge in [0.05, 0.1) is 0 Å². The minimum Gasteiger partial charge on any atom is -0.383 e. The Morgan fingerprint density at radius 3 is 2.62 bits per heavy atom. The molecule has 0 radical (unpaired) electrons. The van der Waals surface area contributed by atoms with E-state index in [1.807, 2.05) is 11.8 Å². The summed E-state index contributed by atoms with van der Waals surface area (Å²) in [6, 6.07) is 19.5. The van der Waals surface area contributed by atoms with Crippen LogP contribution in [0.4, 0.5) is 5.69 Å². The van der Waals surface area contributed by atoms with Gasteiger partial charge in [0.2, 0.25) is 0 Å². The van der Waals surface area contributed by atoms with Crippen LogP contribution in [0.1, 0.15) is 24.3 Å². The predicted octanol–water partition coefficient (Wildman–Crippen LogP) is 4.10. The molecule has 1 aliphatic heterocycles. The summed E-state index contributed by atoms with van der Waals surface area (Å²) >= 11 is 1.94. The quantitative estimate of drug-likeness (QED) is 0.832. The SMILES string of the molecule is NC1CNc2ccccc2SCCC(c2ccccc2)C1. The maximum Gasteiger partial charge on any atom is 0.0478 e. The van der Waals surface area contributed by atoms with Gasteiger partial charge in [0.1, 0.15) is 0 Å². The van der Waals surface area contributed by atoms with E-state index in [1.54, 1.807) is 0 Å². The molecule has 1 aliphatic rings. The predicted molar refractivity (Wildman–Crippen MR) is 92.0 cm³/mol. The molecule has 2 unspecified atom stereocenters. The van der Waals surface area contributed by atoms with Crippen LogP contribution in [0.5, 0.6) is 0 Å². The zero-order valence-corrected chi connectivity index (χ0v) is 13.0. The standard InChI is InChI=1S/C18H22N2S/c19-16-12-15(14-6-2-1-3-7-14)10-11-21-18-9-5-4-8-17(18)20-13-16/h1-9,15-16,20H,10-13,19H2. The first kappa shape index (κ1) is 14.5. The first-order valence-electron chi connectivity index (χ1n) is 7.59. The molecule has 3 heteroatoms. The average molecular weight is 298 g/mol. The van der Waals surface area contributed by atoms with Gasteiger partial charge in [-0.25, -0.2) is 0 Å². The van der Waals surface area contributed by atoms with Crippen LogP contribution in [0.2, 0.25) is 0 Å². The molecule has 110 valence electrons. The van der Waals surface area contributed by atoms with E-state index in [0.29, 0.717) is 5.92 Å². The summed E-state index contributed by atoms with van der Waals surface area (Å²) in [5.41, 5.74) is 8.98. The molecule has 1 heterocycles. The van der Waals surface area contributed by atoms with Gasteiger partial charge in [0.15, 0.2) is 0 Å². The van der Waals surface area contributed by atoms with E-state index in [-0.39, 0.29) is 6.04 Å². The number of fused-ring (bicyclic) bond motifs is 1. The summed E-state index contributed by atoms with van der Waals surface area (Å²) < 4.78 is 0. The van der Waals surface area contributed by atoms with Gasteiger partial charge in [0, 0.05) is 23.2 Å². The van der Waals surface area contributed by atoms with Gasteiger partial charge in [-0.3, -0.25) is 0 Å². The number of nitrogens with two attached hydrogens (primary N) is 1. The fourth-order valence-corrected chi connectivity index (χ4v) is 3.98. The number of hydrogen-bond acceptors (Lipinski definition) is 3. The number of benzene rings is 2. The second kappa shape index (κ2) is 7.01. The van der Waals surface area contributed by atoms with Gasteiger partial charge in [-0.15, -0.1) is 11.8 Å². The van der Waals surface area contributed by atoms with Gasteiger partial charge in [-0.05, 0) is 42.2 Å². The number of nitrogens with one attached hydrogen (secondary N) is 1. The average Bonchev–Trinajstić information content (AvgIpc) is 2.54. The maximum absolute atomic E-state index is 6.34. The number of thioether (sulfide) groups is 1. The lowest BCUT2D eigenvalue weighted by Gasteiger charge is -2.24. The topological polar surface area (TPSA) is 38.0 Å². The number of anilines is 1. The number of hydrogen-bond donors (Lipinski definition) is 2. The molecule has 0 saturated carbocycles. The smallest absolute Gasteiger partial charge is 0.0478 e. The molecule has 3 N–H and O–H groups in total. The maximum atomic E-state index is 6.34. The van der Waals surface area contributed by atoms with E-state index in [1.165, 1.54) is 22.6 Å². The van der Waals surface area contributed by atoms with Crippen LogP contribution < -0.4 is 11.1 Å². The van der Waals surface area contributed by atoms with E-state index in [4.69, 9.17) is 5.73 Å². The Labute approximate surface area is 131 Å². The second-order valence-electron chi connectivity index (χ2n) is 5.62. The molecule has 2 atom stereocenters. The highest BCUT2D eigenvalue weighted by atomic mass is 32.2. The number of para-hydroxylation sites is 1. The Bertz CT molecular complexity index is 570. The first-order chi connectivity index (χ1) is 10.3. The molecule has 2 nitrogen and oxygen atoms in total. The molecule has 0 amide bonds. The molecule has 0 fully saturated rings. The third-order valence-corrected chi connectivity index (χ3v) is 5.13. The zero-order valence-electron chi connectivity index (χ0n) is 12.2. The van der Waals surface area contributed by atoms with Gasteiger partial charge < -0.3 is 11.1 Å². The molecule has 2 aromatic carbocycles. The molecular weight excluding hydrogens is 276 g/mol. The summed E-state index contributed by atoms with van der Waals surface area (Å²) in [4.78, 5) is 1.33. The molecule has 0 saturated heterocycles. The summed E-state index contributed by atoms with van der Waals surface area (Å²) in [6.07, 6.45) is 2.22. The zero-order chi connectivity index (χ0) is 14.5. The Kier molecular flexibility index (Phi) is 4.84. The third-order valence-electron chi connectivity index (χ3n) is 4.02. The van der Waals surface area contributed by atoms with Crippen LogP contribution in [0.3, 0.4) is 0 Å². The van der Waals surface area contributed by atoms with Gasteiger partial charge in [-0.2, -0.15) is 0 Å². The Morgan fingerprint density at radius 1 is 1.00 bits per heavy atom. The molecule has 0 bridgehead atoms. The number of rotatable bonds is 1. The van der Waals surface area contributed by atoms with Crippen LogP contribution >= 0.6 is 11.8 Å². The van der Waals surface area contributed by atoms with Gasteiger partial charge >= 0.3 is 0 Å². The molecule has 0 spiro atoms. The highest BCUT2D eigenvalue weighted by Gasteiger charge is 2.17. The Hall–Kier alpha value is -1.45. The highest BCUT2D eigenvalue weighted by Crippen LogP contribution is 2.33. The molecule has 0 aromatic heterocycles. The summed E-state index contributed by atoms with van der Waals surface area (Å²) in [5, 5.41) is 3.51. The van der Waals surface area contributed by atoms with Crippen molar-refractivity contribution in [3.05, 3.63) is 60.2 Å². The molecule has 21 heavy (non-hydrogen) atoms. The largest absolute Gasteiger partial charge is 0.383 e. The van der Waals surface area contributed by atoms with E-state index in [0.717, 1.165) is 18.7 Å². The van der Waals surface area contributed by atoms with Crippen LogP contribution in [-0.4, -0.2) is 18.3 Å². The van der Waals surface area contributed by atoms with E-state index >= 15 is 0 Å². The normalized spacial score (nSPS) is 22.9. The molecular formula is C18H22N2S. The Balaban J connectivity index is 1.78. The van der Waals surface area contributed by atoms with Gasteiger partial charge in [0.25, 0.3) is 0 Å². The summed E-state index contributed by atoms with van der Waals surface area (Å²) in [5.74, 6) is 1.69. The van der Waals surface area contributed by atoms with Crippen molar-refractivity contribution in [2.45, 2.75) is 29.7 Å². The van der Waals surface area contributed by atoms with Crippen molar-refractivity contribution in [2.24, 2.45) is 5.73 Å². The van der Waals surface area contributed by atoms with Crippen molar-refractivity contribution in [2.75, 3.05) is 17.6 Å². The lowest BCUT2D eigenvalue weighted by molar-refractivity contribution is 0.529. The first-order valence-corrected chi connectivity index (χ1v) is 8.57. The van der Waals surface area contributed by atoms with Crippen LogP contribution in [0.15, 0.2) is 59.5 Å². The van der Waals surface area contributed by atoms with Crippen molar-refractivity contribution in [1.29, 1.82) is 0 Å². The fourth-order valence-electron chi connectivity index (χ4n) is 2.89. The van der Waals surface area contributed by atoms with Crippen LogP contribution in [0.25, 0.3) is 0 Å². The van der Waals surface area contributed by atoms with Crippen molar-refractivity contribution in [3.8, 4) is 0 Å². The van der Waals surface area contributed by atoms with Crippen molar-refractivity contribution in [3.63, 3.8) is 0 Å². The third kappa shape index (κ3) is 3.80. The minimum atomic E-state index is 0.186. The van der Waals surface area contributed by atoms with Crippen molar-refractivity contribution >= 4 is 17.4 Å². The molecule has 3 rings (SSSR count). The minimum absolute atomic E-state index is 0.186. The second-order valence-corrected chi connectivity index (χ2v) is 6.75. The van der Waals surface area contributed by atoms with E-state index in [2.05, 4.69) is 59.9 Å². The van der Waals surface area contributed by atoms with Crippen LogP contribution in [0, 0.1) is 0 Å². The van der Waals surface area contributed by atoms with E-state index < -0.39 is 0 Å². The van der Waals surface area contributed by atoms with E-state index in [9.17, 15) is 0 Å². The van der Waals surface area contributed by atoms with Gasteiger partial charge in [-0.1, -0.05) is 42.5 Å². The molecule has 0 aliphatic carbocycles. The lowest BCUT2D eigenvalue weighted by Crippen LogP contribution is -2.31. The van der Waals surface area contributed by atoms with Crippen LogP contribution in [-0.2, 0) is 0 Å². The summed E-state index contributed by atoms with van der Waals surface area (Å²) in [7, 11) is 0.